The maximum Gasteiger partial charge on any atom is 0.164 e. The molecule has 0 aliphatic carbocycles. The summed E-state index contributed by atoms with van der Waals surface area (Å²) in [5.74, 6) is -0.132. The standard InChI is InChI=1S/C10H7ClFN3/c11-10-8(12)3-7(5-15-10)6-1-2-9(13)14-4-6/h1-5H,(H2,13,14). The number of rotatable bonds is 1. The summed E-state index contributed by atoms with van der Waals surface area (Å²) >= 11 is 5.47. The van der Waals surface area contributed by atoms with Crippen LogP contribution in [0, 0.1) is 5.82 Å². The topological polar surface area (TPSA) is 51.8 Å². The Hall–Kier alpha value is -1.68. The number of pyridine rings is 2. The quantitative estimate of drug-likeness (QED) is 0.756. The van der Waals surface area contributed by atoms with E-state index < -0.39 is 5.82 Å². The number of aromatic nitrogens is 2. The third-order valence-electron chi connectivity index (χ3n) is 1.92. The SMILES string of the molecule is Nc1ccc(-c2cnc(Cl)c(F)c2)cn1. The van der Waals surface area contributed by atoms with Crippen molar-refractivity contribution < 1.29 is 4.39 Å². The van der Waals surface area contributed by atoms with Gasteiger partial charge in [0.05, 0.1) is 0 Å². The Morgan fingerprint density at radius 3 is 2.47 bits per heavy atom. The first kappa shape index (κ1) is 9.86. The van der Waals surface area contributed by atoms with Crippen LogP contribution in [0.25, 0.3) is 11.1 Å². The van der Waals surface area contributed by atoms with Gasteiger partial charge in [-0.3, -0.25) is 0 Å². The van der Waals surface area contributed by atoms with Crippen molar-refractivity contribution in [1.82, 2.24) is 9.97 Å². The van der Waals surface area contributed by atoms with Gasteiger partial charge in [-0.15, -0.1) is 0 Å². The summed E-state index contributed by atoms with van der Waals surface area (Å²) in [5.41, 5.74) is 6.79. The third-order valence-corrected chi connectivity index (χ3v) is 2.19. The van der Waals surface area contributed by atoms with Crippen LogP contribution in [0.15, 0.2) is 30.6 Å². The predicted octanol–water partition coefficient (Wildman–Crippen LogP) is 2.52. The molecule has 2 aromatic rings. The predicted molar refractivity (Wildman–Crippen MR) is 56.8 cm³/mol. The van der Waals surface area contributed by atoms with Gasteiger partial charge < -0.3 is 5.73 Å². The van der Waals surface area contributed by atoms with Crippen LogP contribution in [0.3, 0.4) is 0 Å². The normalized spacial score (nSPS) is 10.3. The Morgan fingerprint density at radius 2 is 1.87 bits per heavy atom. The van der Waals surface area contributed by atoms with Gasteiger partial charge in [0.15, 0.2) is 11.0 Å². The molecule has 0 aliphatic rings. The van der Waals surface area contributed by atoms with Gasteiger partial charge >= 0.3 is 0 Å². The van der Waals surface area contributed by atoms with E-state index in [4.69, 9.17) is 17.3 Å². The number of hydrogen-bond acceptors (Lipinski definition) is 3. The van der Waals surface area contributed by atoms with Gasteiger partial charge in [-0.05, 0) is 18.2 Å². The number of nitrogens with two attached hydrogens (primary N) is 1. The molecule has 3 nitrogen and oxygen atoms in total. The highest BCUT2D eigenvalue weighted by Gasteiger charge is 2.04. The summed E-state index contributed by atoms with van der Waals surface area (Å²) in [4.78, 5) is 7.61. The van der Waals surface area contributed by atoms with E-state index in [1.54, 1.807) is 18.3 Å². The van der Waals surface area contributed by atoms with E-state index in [9.17, 15) is 4.39 Å². The Kier molecular flexibility index (Phi) is 2.51. The molecular weight excluding hydrogens is 217 g/mol. The van der Waals surface area contributed by atoms with E-state index in [0.717, 1.165) is 5.56 Å². The summed E-state index contributed by atoms with van der Waals surface area (Å²) in [5, 5.41) is -0.137. The lowest BCUT2D eigenvalue weighted by Crippen LogP contribution is -1.90. The third kappa shape index (κ3) is 2.05. The van der Waals surface area contributed by atoms with Crippen LogP contribution in [0.4, 0.5) is 10.2 Å². The van der Waals surface area contributed by atoms with Crippen molar-refractivity contribution in [2.75, 3.05) is 5.73 Å². The second kappa shape index (κ2) is 3.82. The zero-order valence-corrected chi connectivity index (χ0v) is 8.37. The first-order valence-electron chi connectivity index (χ1n) is 4.20. The molecule has 0 radical (unpaired) electrons. The van der Waals surface area contributed by atoms with Crippen LogP contribution in [0.5, 0.6) is 0 Å². The second-order valence-corrected chi connectivity index (χ2v) is 3.33. The lowest BCUT2D eigenvalue weighted by Gasteiger charge is -2.01. The van der Waals surface area contributed by atoms with E-state index in [1.807, 2.05) is 0 Å². The fourth-order valence-corrected chi connectivity index (χ4v) is 1.26. The molecule has 5 heteroatoms. The molecule has 0 saturated carbocycles. The van der Waals surface area contributed by atoms with Gasteiger partial charge in [0.1, 0.15) is 5.82 Å². The van der Waals surface area contributed by atoms with Crippen LogP contribution in [0.2, 0.25) is 5.15 Å². The van der Waals surface area contributed by atoms with E-state index in [1.165, 1.54) is 12.3 Å². The van der Waals surface area contributed by atoms with Crippen LogP contribution in [0.1, 0.15) is 0 Å². The maximum atomic E-state index is 13.1. The van der Waals surface area contributed by atoms with Gasteiger partial charge in [0.25, 0.3) is 0 Å². The lowest BCUT2D eigenvalue weighted by atomic mass is 10.1. The summed E-state index contributed by atoms with van der Waals surface area (Å²) < 4.78 is 13.1. The smallest absolute Gasteiger partial charge is 0.164 e. The Balaban J connectivity index is 2.45. The zero-order chi connectivity index (χ0) is 10.8. The van der Waals surface area contributed by atoms with Gasteiger partial charge in [0, 0.05) is 23.5 Å². The highest BCUT2D eigenvalue weighted by Crippen LogP contribution is 2.21. The summed E-state index contributed by atoms with van der Waals surface area (Å²) in [7, 11) is 0. The lowest BCUT2D eigenvalue weighted by molar-refractivity contribution is 0.622. The average Bonchev–Trinajstić information content (AvgIpc) is 2.23. The van der Waals surface area contributed by atoms with Crippen molar-refractivity contribution >= 4 is 17.4 Å². The van der Waals surface area contributed by atoms with Crippen molar-refractivity contribution in [1.29, 1.82) is 0 Å². The minimum absolute atomic E-state index is 0.137. The average molecular weight is 224 g/mol. The first-order valence-corrected chi connectivity index (χ1v) is 4.57. The molecule has 0 amide bonds. The molecule has 76 valence electrons. The van der Waals surface area contributed by atoms with Crippen molar-refractivity contribution in [2.24, 2.45) is 0 Å². The molecule has 2 heterocycles. The van der Waals surface area contributed by atoms with Crippen LogP contribution in [-0.2, 0) is 0 Å². The highest BCUT2D eigenvalue weighted by atomic mass is 35.5. The maximum absolute atomic E-state index is 13.1. The number of nitrogens with zero attached hydrogens (tertiary/aromatic N) is 2. The number of nitrogen functional groups attached to an aromatic ring is 1. The molecule has 0 unspecified atom stereocenters. The molecule has 0 atom stereocenters. The second-order valence-electron chi connectivity index (χ2n) is 2.97. The largest absolute Gasteiger partial charge is 0.384 e. The molecule has 0 aliphatic heterocycles. The molecule has 0 fully saturated rings. The molecule has 0 aromatic carbocycles. The van der Waals surface area contributed by atoms with Crippen molar-refractivity contribution in [3.63, 3.8) is 0 Å². The monoisotopic (exact) mass is 223 g/mol. The summed E-state index contributed by atoms with van der Waals surface area (Å²) in [6.07, 6.45) is 3.04. The summed E-state index contributed by atoms with van der Waals surface area (Å²) in [6, 6.07) is 4.69. The molecule has 0 saturated heterocycles. The van der Waals surface area contributed by atoms with Gasteiger partial charge in [-0.25, -0.2) is 14.4 Å². The molecule has 2 rings (SSSR count). The van der Waals surface area contributed by atoms with E-state index in [-0.39, 0.29) is 5.15 Å². The van der Waals surface area contributed by atoms with Gasteiger partial charge in [-0.2, -0.15) is 0 Å². The number of anilines is 1. The Morgan fingerprint density at radius 1 is 1.13 bits per heavy atom. The van der Waals surface area contributed by atoms with Crippen LogP contribution >= 0.6 is 11.6 Å². The summed E-state index contributed by atoms with van der Waals surface area (Å²) in [6.45, 7) is 0. The van der Waals surface area contributed by atoms with E-state index >= 15 is 0 Å². The highest BCUT2D eigenvalue weighted by molar-refractivity contribution is 6.29. The molecule has 2 N–H and O–H groups in total. The van der Waals surface area contributed by atoms with Crippen molar-refractivity contribution in [3.8, 4) is 11.1 Å². The Bertz CT molecular complexity index is 485. The van der Waals surface area contributed by atoms with Crippen molar-refractivity contribution in [3.05, 3.63) is 41.6 Å². The van der Waals surface area contributed by atoms with Gasteiger partial charge in [0.2, 0.25) is 0 Å². The minimum Gasteiger partial charge on any atom is -0.384 e. The van der Waals surface area contributed by atoms with E-state index in [0.29, 0.717) is 11.4 Å². The molecule has 0 spiro atoms. The molecule has 2 aromatic heterocycles. The van der Waals surface area contributed by atoms with Crippen LogP contribution < -0.4 is 5.73 Å². The Labute approximate surface area is 90.7 Å². The molecule has 15 heavy (non-hydrogen) atoms. The first-order chi connectivity index (χ1) is 7.16. The number of halogens is 2. The molecular formula is C10H7ClFN3. The van der Waals surface area contributed by atoms with Gasteiger partial charge in [-0.1, -0.05) is 11.6 Å². The zero-order valence-electron chi connectivity index (χ0n) is 7.61. The molecule has 0 bridgehead atoms. The number of hydrogen-bond donors (Lipinski definition) is 1. The van der Waals surface area contributed by atoms with E-state index in [2.05, 4.69) is 9.97 Å². The fraction of sp³-hybridized carbons (Fsp3) is 0. The van der Waals surface area contributed by atoms with Crippen molar-refractivity contribution in [2.45, 2.75) is 0 Å². The minimum atomic E-state index is -0.550. The van der Waals surface area contributed by atoms with Crippen LogP contribution in [-0.4, -0.2) is 9.97 Å². The fourth-order valence-electron chi connectivity index (χ4n) is 1.16.